The normalized spacial score (nSPS) is 19.4. The molecule has 1 unspecified atom stereocenters. The van der Waals surface area contributed by atoms with E-state index in [1.165, 1.54) is 6.07 Å². The predicted octanol–water partition coefficient (Wildman–Crippen LogP) is 0.837. The van der Waals surface area contributed by atoms with Gasteiger partial charge < -0.3 is 14.9 Å². The summed E-state index contributed by atoms with van der Waals surface area (Å²) in [6, 6.07) is 5.08. The summed E-state index contributed by atoms with van der Waals surface area (Å²) in [6.07, 6.45) is 0. The Balaban J connectivity index is 2.17. The molecule has 102 valence electrons. The van der Waals surface area contributed by atoms with E-state index < -0.39 is 5.97 Å². The summed E-state index contributed by atoms with van der Waals surface area (Å²) in [5.41, 5.74) is 0.0405. The number of carboxylic acid groups (broad SMARTS) is 1. The Morgan fingerprint density at radius 2 is 2.11 bits per heavy atom. The molecule has 1 fully saturated rings. The van der Waals surface area contributed by atoms with Crippen LogP contribution in [0.5, 0.6) is 0 Å². The van der Waals surface area contributed by atoms with Crippen molar-refractivity contribution < 1.29 is 14.7 Å². The molecule has 0 radical (unpaired) electrons. The fourth-order valence-electron chi connectivity index (χ4n) is 2.29. The van der Waals surface area contributed by atoms with Gasteiger partial charge in [-0.2, -0.15) is 0 Å². The minimum Gasteiger partial charge on any atom is -0.477 e. The minimum absolute atomic E-state index is 0.0405. The van der Waals surface area contributed by atoms with E-state index in [2.05, 4.69) is 4.98 Å². The fourth-order valence-corrected chi connectivity index (χ4v) is 2.29. The van der Waals surface area contributed by atoms with Crippen molar-refractivity contribution in [3.63, 3.8) is 0 Å². The summed E-state index contributed by atoms with van der Waals surface area (Å²) in [6.45, 7) is 5.50. The number of amides is 1. The van der Waals surface area contributed by atoms with Crippen LogP contribution in [0.2, 0.25) is 0 Å². The van der Waals surface area contributed by atoms with Gasteiger partial charge in [0, 0.05) is 32.6 Å². The molecule has 6 heteroatoms. The van der Waals surface area contributed by atoms with E-state index in [1.807, 2.05) is 11.8 Å². The van der Waals surface area contributed by atoms with Gasteiger partial charge >= 0.3 is 5.97 Å². The number of piperazine rings is 1. The van der Waals surface area contributed by atoms with Crippen LogP contribution in [0.1, 0.15) is 24.3 Å². The third-order valence-corrected chi connectivity index (χ3v) is 3.32. The highest BCUT2D eigenvalue weighted by molar-refractivity contribution is 5.85. The molecule has 1 amide bonds. The van der Waals surface area contributed by atoms with Gasteiger partial charge in [0.15, 0.2) is 5.69 Å². The van der Waals surface area contributed by atoms with Crippen LogP contribution in [0.3, 0.4) is 0 Å². The Morgan fingerprint density at radius 1 is 1.37 bits per heavy atom. The first-order valence-corrected chi connectivity index (χ1v) is 6.21. The third kappa shape index (κ3) is 2.83. The van der Waals surface area contributed by atoms with Crippen molar-refractivity contribution in [3.05, 3.63) is 23.9 Å². The first-order valence-electron chi connectivity index (χ1n) is 6.21. The van der Waals surface area contributed by atoms with Gasteiger partial charge in [0.2, 0.25) is 5.91 Å². The average Bonchev–Trinajstić information content (AvgIpc) is 2.38. The lowest BCUT2D eigenvalue weighted by Gasteiger charge is -2.40. The van der Waals surface area contributed by atoms with Gasteiger partial charge in [0.05, 0.1) is 0 Å². The molecule has 6 nitrogen and oxygen atoms in total. The van der Waals surface area contributed by atoms with Crippen LogP contribution in [0, 0.1) is 0 Å². The Hall–Kier alpha value is -2.11. The quantitative estimate of drug-likeness (QED) is 0.855. The number of nitrogens with zero attached hydrogens (tertiary/aromatic N) is 3. The Morgan fingerprint density at radius 3 is 2.68 bits per heavy atom. The van der Waals surface area contributed by atoms with Crippen LogP contribution in [0.15, 0.2) is 18.2 Å². The number of hydrogen-bond donors (Lipinski definition) is 1. The molecule has 0 saturated carbocycles. The van der Waals surface area contributed by atoms with Crippen molar-refractivity contribution in [2.24, 2.45) is 0 Å². The van der Waals surface area contributed by atoms with Crippen molar-refractivity contribution in [2.45, 2.75) is 19.9 Å². The minimum atomic E-state index is -1.03. The molecule has 19 heavy (non-hydrogen) atoms. The molecule has 1 saturated heterocycles. The van der Waals surface area contributed by atoms with Crippen molar-refractivity contribution in [1.29, 1.82) is 0 Å². The van der Waals surface area contributed by atoms with Crippen LogP contribution >= 0.6 is 0 Å². The molecule has 0 aromatic carbocycles. The van der Waals surface area contributed by atoms with Crippen LogP contribution in [0.4, 0.5) is 5.82 Å². The molecule has 1 aromatic rings. The molecule has 2 rings (SSSR count). The summed E-state index contributed by atoms with van der Waals surface area (Å²) >= 11 is 0. The monoisotopic (exact) mass is 263 g/mol. The number of rotatable bonds is 2. The van der Waals surface area contributed by atoms with Crippen LogP contribution in [-0.4, -0.2) is 52.5 Å². The molecule has 1 aliphatic rings. The van der Waals surface area contributed by atoms with Crippen molar-refractivity contribution in [3.8, 4) is 0 Å². The van der Waals surface area contributed by atoms with E-state index in [-0.39, 0.29) is 17.6 Å². The molecule has 0 spiro atoms. The largest absolute Gasteiger partial charge is 0.477 e. The number of aromatic nitrogens is 1. The second-order valence-corrected chi connectivity index (χ2v) is 4.69. The molecular formula is C13H17N3O3. The van der Waals surface area contributed by atoms with Gasteiger partial charge in [-0.25, -0.2) is 9.78 Å². The highest BCUT2D eigenvalue weighted by atomic mass is 16.4. The zero-order chi connectivity index (χ0) is 14.0. The van der Waals surface area contributed by atoms with E-state index >= 15 is 0 Å². The Kier molecular flexibility index (Phi) is 3.69. The second kappa shape index (κ2) is 5.26. The van der Waals surface area contributed by atoms with Crippen LogP contribution in [-0.2, 0) is 4.79 Å². The highest BCUT2D eigenvalue weighted by Gasteiger charge is 2.26. The van der Waals surface area contributed by atoms with Gasteiger partial charge in [0.1, 0.15) is 5.82 Å². The Labute approximate surface area is 111 Å². The third-order valence-electron chi connectivity index (χ3n) is 3.32. The lowest BCUT2D eigenvalue weighted by molar-refractivity contribution is -0.129. The smallest absolute Gasteiger partial charge is 0.354 e. The number of hydrogen-bond acceptors (Lipinski definition) is 4. The SMILES string of the molecule is CC(=O)N1CCN(c2cccc(C(=O)O)n2)C(C)C1. The van der Waals surface area contributed by atoms with Crippen molar-refractivity contribution in [2.75, 3.05) is 24.5 Å². The van der Waals surface area contributed by atoms with E-state index in [9.17, 15) is 9.59 Å². The summed E-state index contributed by atoms with van der Waals surface area (Å²) in [5.74, 6) is -0.314. The van der Waals surface area contributed by atoms with E-state index in [1.54, 1.807) is 24.0 Å². The molecule has 0 bridgehead atoms. The summed E-state index contributed by atoms with van der Waals surface area (Å²) in [7, 11) is 0. The number of aromatic carboxylic acids is 1. The number of carbonyl (C=O) groups excluding carboxylic acids is 1. The Bertz CT molecular complexity index is 504. The molecule has 1 aromatic heterocycles. The molecule has 1 N–H and O–H groups in total. The second-order valence-electron chi connectivity index (χ2n) is 4.69. The molecule has 2 heterocycles. The van der Waals surface area contributed by atoms with Crippen LogP contribution < -0.4 is 4.90 Å². The van der Waals surface area contributed by atoms with Crippen LogP contribution in [0.25, 0.3) is 0 Å². The number of pyridine rings is 1. The number of anilines is 1. The number of carbonyl (C=O) groups is 2. The molecular weight excluding hydrogens is 246 g/mol. The maximum absolute atomic E-state index is 11.3. The highest BCUT2D eigenvalue weighted by Crippen LogP contribution is 2.18. The summed E-state index contributed by atoms with van der Waals surface area (Å²) in [4.78, 5) is 30.2. The van der Waals surface area contributed by atoms with Gasteiger partial charge in [-0.1, -0.05) is 6.07 Å². The summed E-state index contributed by atoms with van der Waals surface area (Å²) in [5, 5.41) is 8.95. The fraction of sp³-hybridized carbons (Fsp3) is 0.462. The molecule has 0 aliphatic carbocycles. The standard InChI is InChI=1S/C13H17N3O3/c1-9-8-15(10(2)17)6-7-16(9)12-5-3-4-11(14-12)13(18)19/h3-5,9H,6-8H2,1-2H3,(H,18,19). The van der Waals surface area contributed by atoms with Gasteiger partial charge in [-0.05, 0) is 19.1 Å². The van der Waals surface area contributed by atoms with E-state index in [0.29, 0.717) is 25.5 Å². The zero-order valence-electron chi connectivity index (χ0n) is 11.0. The number of carboxylic acids is 1. The maximum atomic E-state index is 11.3. The van der Waals surface area contributed by atoms with Gasteiger partial charge in [0.25, 0.3) is 0 Å². The van der Waals surface area contributed by atoms with Gasteiger partial charge in [-0.3, -0.25) is 4.79 Å². The van der Waals surface area contributed by atoms with E-state index in [0.717, 1.165) is 0 Å². The molecule has 1 aliphatic heterocycles. The van der Waals surface area contributed by atoms with E-state index in [4.69, 9.17) is 5.11 Å². The lowest BCUT2D eigenvalue weighted by atomic mass is 10.2. The first kappa shape index (κ1) is 13.3. The van der Waals surface area contributed by atoms with Crippen molar-refractivity contribution >= 4 is 17.7 Å². The lowest BCUT2D eigenvalue weighted by Crippen LogP contribution is -2.53. The topological polar surface area (TPSA) is 73.7 Å². The predicted molar refractivity (Wildman–Crippen MR) is 70.3 cm³/mol. The van der Waals surface area contributed by atoms with Crippen molar-refractivity contribution in [1.82, 2.24) is 9.88 Å². The summed E-state index contributed by atoms with van der Waals surface area (Å²) < 4.78 is 0. The van der Waals surface area contributed by atoms with Gasteiger partial charge in [-0.15, -0.1) is 0 Å². The first-order chi connectivity index (χ1) is 8.99. The zero-order valence-corrected chi connectivity index (χ0v) is 11.0. The average molecular weight is 263 g/mol. The molecule has 1 atom stereocenters. The maximum Gasteiger partial charge on any atom is 0.354 e.